The van der Waals surface area contributed by atoms with Crippen LogP contribution >= 0.6 is 0 Å². The highest BCUT2D eigenvalue weighted by atomic mass is 16.2. The van der Waals surface area contributed by atoms with Gasteiger partial charge in [0.25, 0.3) is 0 Å². The maximum atomic E-state index is 11.7. The minimum atomic E-state index is -0.185. The number of hydrogen-bond acceptors (Lipinski definition) is 3. The van der Waals surface area contributed by atoms with Gasteiger partial charge in [-0.3, -0.25) is 4.79 Å². The molecule has 4 nitrogen and oxygen atoms in total. The molecule has 0 saturated carbocycles. The van der Waals surface area contributed by atoms with Gasteiger partial charge in [-0.05, 0) is 18.6 Å². The number of nitrogens with two attached hydrogens (primary N) is 1. The molecule has 1 unspecified atom stereocenters. The van der Waals surface area contributed by atoms with E-state index in [-0.39, 0.29) is 11.9 Å². The summed E-state index contributed by atoms with van der Waals surface area (Å²) in [5.74, 6) is 0.0803. The molecule has 1 aliphatic rings. The lowest BCUT2D eigenvalue weighted by molar-refractivity contribution is -0.118. The van der Waals surface area contributed by atoms with E-state index in [1.54, 1.807) is 11.9 Å². The summed E-state index contributed by atoms with van der Waals surface area (Å²) in [5.41, 5.74) is 8.58. The summed E-state index contributed by atoms with van der Waals surface area (Å²) in [6, 6.07) is 5.63. The molecule has 1 aliphatic heterocycles. The van der Waals surface area contributed by atoms with E-state index in [0.717, 1.165) is 16.9 Å². The van der Waals surface area contributed by atoms with E-state index < -0.39 is 0 Å². The molecule has 2 rings (SSSR count). The first-order chi connectivity index (χ1) is 7.15. The fraction of sp³-hybridized carbons (Fsp3) is 0.364. The highest BCUT2D eigenvalue weighted by molar-refractivity contribution is 6.04. The monoisotopic (exact) mass is 205 g/mol. The normalized spacial score (nSPS) is 19.8. The zero-order chi connectivity index (χ0) is 11.0. The van der Waals surface area contributed by atoms with Gasteiger partial charge in [-0.1, -0.05) is 12.1 Å². The number of likely N-dealkylation sites (N-methyl/N-ethyl adjacent to an activating group) is 1. The minimum Gasteiger partial charge on any atom is -0.372 e. The van der Waals surface area contributed by atoms with Crippen molar-refractivity contribution in [1.29, 1.82) is 0 Å². The summed E-state index contributed by atoms with van der Waals surface area (Å²) in [5, 5.41) is 3.19. The number of nitrogens with zero attached hydrogens (tertiary/aromatic N) is 1. The number of rotatable bonds is 1. The van der Waals surface area contributed by atoms with Gasteiger partial charge in [-0.15, -0.1) is 0 Å². The van der Waals surface area contributed by atoms with Crippen molar-refractivity contribution >= 4 is 17.3 Å². The van der Waals surface area contributed by atoms with Gasteiger partial charge in [0, 0.05) is 13.6 Å². The number of para-hydroxylation sites is 1. The van der Waals surface area contributed by atoms with E-state index in [1.165, 1.54) is 0 Å². The van der Waals surface area contributed by atoms with Crippen molar-refractivity contribution in [1.82, 2.24) is 0 Å². The number of carbonyl (C=O) groups excluding carboxylic acids is 1. The summed E-state index contributed by atoms with van der Waals surface area (Å²) in [4.78, 5) is 13.4. The quantitative estimate of drug-likeness (QED) is 0.716. The standard InChI is InChI=1S/C11H15N3O/c1-7-11(15)14(2)9-5-3-4-8(6-12)10(9)13-7/h3-5,7,13H,6,12H2,1-2H3. The van der Waals surface area contributed by atoms with Crippen LogP contribution in [0, 0.1) is 0 Å². The van der Waals surface area contributed by atoms with Crippen molar-refractivity contribution in [2.45, 2.75) is 19.5 Å². The highest BCUT2D eigenvalue weighted by Gasteiger charge is 2.27. The van der Waals surface area contributed by atoms with Gasteiger partial charge < -0.3 is 16.0 Å². The lowest BCUT2D eigenvalue weighted by Crippen LogP contribution is -2.43. The second-order valence-electron chi connectivity index (χ2n) is 3.78. The lowest BCUT2D eigenvalue weighted by Gasteiger charge is -2.32. The summed E-state index contributed by atoms with van der Waals surface area (Å²) < 4.78 is 0. The Morgan fingerprint density at radius 1 is 1.53 bits per heavy atom. The zero-order valence-corrected chi connectivity index (χ0v) is 8.95. The van der Waals surface area contributed by atoms with Crippen molar-refractivity contribution in [2.24, 2.45) is 5.73 Å². The molecule has 0 aliphatic carbocycles. The Morgan fingerprint density at radius 3 is 2.93 bits per heavy atom. The number of benzene rings is 1. The van der Waals surface area contributed by atoms with Gasteiger partial charge in [0.05, 0.1) is 11.4 Å². The van der Waals surface area contributed by atoms with Gasteiger partial charge >= 0.3 is 0 Å². The average molecular weight is 205 g/mol. The maximum absolute atomic E-state index is 11.7. The Morgan fingerprint density at radius 2 is 2.27 bits per heavy atom. The van der Waals surface area contributed by atoms with E-state index in [0.29, 0.717) is 6.54 Å². The first-order valence-corrected chi connectivity index (χ1v) is 5.01. The molecule has 0 saturated heterocycles. The van der Waals surface area contributed by atoms with E-state index in [1.807, 2.05) is 25.1 Å². The molecule has 15 heavy (non-hydrogen) atoms. The number of anilines is 2. The van der Waals surface area contributed by atoms with Crippen LogP contribution in [0.4, 0.5) is 11.4 Å². The van der Waals surface area contributed by atoms with Crippen LogP contribution < -0.4 is 16.0 Å². The minimum absolute atomic E-state index is 0.0803. The van der Waals surface area contributed by atoms with Crippen molar-refractivity contribution in [2.75, 3.05) is 17.3 Å². The van der Waals surface area contributed by atoms with Crippen LogP contribution in [0.25, 0.3) is 0 Å². The van der Waals surface area contributed by atoms with Gasteiger partial charge in [0.2, 0.25) is 5.91 Å². The summed E-state index contributed by atoms with van der Waals surface area (Å²) in [6.45, 7) is 2.33. The number of fused-ring (bicyclic) bond motifs is 1. The zero-order valence-electron chi connectivity index (χ0n) is 8.95. The van der Waals surface area contributed by atoms with Crippen LogP contribution in [0.15, 0.2) is 18.2 Å². The fourth-order valence-corrected chi connectivity index (χ4v) is 1.89. The number of nitrogens with one attached hydrogen (secondary N) is 1. The molecule has 0 fully saturated rings. The molecule has 3 N–H and O–H groups in total. The summed E-state index contributed by atoms with van der Waals surface area (Å²) in [6.07, 6.45) is 0. The van der Waals surface area contributed by atoms with Crippen LogP contribution in [0.1, 0.15) is 12.5 Å². The van der Waals surface area contributed by atoms with Gasteiger partial charge in [-0.25, -0.2) is 0 Å². The third-order valence-electron chi connectivity index (χ3n) is 2.77. The predicted octanol–water partition coefficient (Wildman–Crippen LogP) is 0.922. The van der Waals surface area contributed by atoms with Gasteiger partial charge in [0.15, 0.2) is 0 Å². The van der Waals surface area contributed by atoms with E-state index >= 15 is 0 Å². The Bertz CT molecular complexity index is 403. The molecule has 0 bridgehead atoms. The molecule has 1 aromatic carbocycles. The molecule has 4 heteroatoms. The van der Waals surface area contributed by atoms with Crippen LogP contribution in [-0.2, 0) is 11.3 Å². The molecule has 1 amide bonds. The van der Waals surface area contributed by atoms with Crippen molar-refractivity contribution in [3.05, 3.63) is 23.8 Å². The SMILES string of the molecule is CC1Nc2c(CN)cccc2N(C)C1=O. The van der Waals surface area contributed by atoms with Crippen LogP contribution in [-0.4, -0.2) is 19.0 Å². The molecule has 1 atom stereocenters. The van der Waals surface area contributed by atoms with E-state index in [2.05, 4.69) is 5.32 Å². The third-order valence-corrected chi connectivity index (χ3v) is 2.77. The number of hydrogen-bond donors (Lipinski definition) is 2. The summed E-state index contributed by atoms with van der Waals surface area (Å²) >= 11 is 0. The van der Waals surface area contributed by atoms with Crippen molar-refractivity contribution in [3.8, 4) is 0 Å². The van der Waals surface area contributed by atoms with E-state index in [4.69, 9.17) is 5.73 Å². The average Bonchev–Trinajstić information content (AvgIpc) is 2.25. The molecule has 80 valence electrons. The molecular formula is C11H15N3O. The van der Waals surface area contributed by atoms with Gasteiger partial charge in [0.1, 0.15) is 6.04 Å². The van der Waals surface area contributed by atoms with Gasteiger partial charge in [-0.2, -0.15) is 0 Å². The first-order valence-electron chi connectivity index (χ1n) is 5.01. The topological polar surface area (TPSA) is 58.4 Å². The first kappa shape index (κ1) is 9.98. The molecule has 1 heterocycles. The number of amides is 1. The second-order valence-corrected chi connectivity index (χ2v) is 3.78. The molecule has 0 spiro atoms. The highest BCUT2D eigenvalue weighted by Crippen LogP contribution is 2.33. The van der Waals surface area contributed by atoms with Crippen LogP contribution in [0.2, 0.25) is 0 Å². The van der Waals surface area contributed by atoms with E-state index in [9.17, 15) is 4.79 Å². The molecule has 0 radical (unpaired) electrons. The molecule has 0 aromatic heterocycles. The van der Waals surface area contributed by atoms with Crippen molar-refractivity contribution in [3.63, 3.8) is 0 Å². The Balaban J connectivity index is 2.54. The largest absolute Gasteiger partial charge is 0.372 e. The Kier molecular flexibility index (Phi) is 2.36. The molecule has 1 aromatic rings. The third kappa shape index (κ3) is 1.47. The fourth-order valence-electron chi connectivity index (χ4n) is 1.89. The smallest absolute Gasteiger partial charge is 0.248 e. The summed E-state index contributed by atoms with van der Waals surface area (Å²) in [7, 11) is 1.79. The predicted molar refractivity (Wildman–Crippen MR) is 60.8 cm³/mol. The number of carbonyl (C=O) groups is 1. The van der Waals surface area contributed by atoms with Crippen LogP contribution in [0.3, 0.4) is 0 Å². The Labute approximate surface area is 89.1 Å². The maximum Gasteiger partial charge on any atom is 0.248 e. The lowest BCUT2D eigenvalue weighted by atomic mass is 10.1. The van der Waals surface area contributed by atoms with Crippen molar-refractivity contribution < 1.29 is 4.79 Å². The Hall–Kier alpha value is -1.55. The second kappa shape index (κ2) is 3.55. The molecular weight excluding hydrogens is 190 g/mol. The van der Waals surface area contributed by atoms with Crippen LogP contribution in [0.5, 0.6) is 0 Å².